The lowest BCUT2D eigenvalue weighted by Gasteiger charge is -2.28. The fourth-order valence-electron chi connectivity index (χ4n) is 3.78. The van der Waals surface area contributed by atoms with Gasteiger partial charge in [-0.3, -0.25) is 4.79 Å². The zero-order valence-electron chi connectivity index (χ0n) is 15.7. The van der Waals surface area contributed by atoms with Gasteiger partial charge >= 0.3 is 0 Å². The average molecular weight is 395 g/mol. The Balaban J connectivity index is 1.58. The minimum Gasteiger partial charge on any atom is -0.314 e. The van der Waals surface area contributed by atoms with Crippen LogP contribution in [-0.4, -0.2) is 27.1 Å². The molecule has 2 aliphatic rings. The first-order chi connectivity index (χ1) is 13.3. The van der Waals surface area contributed by atoms with Crippen LogP contribution in [-0.2, 0) is 20.2 Å². The number of sulfonamides is 1. The Morgan fingerprint density at radius 2 is 1.82 bits per heavy atom. The van der Waals surface area contributed by atoms with Gasteiger partial charge in [0.15, 0.2) is 0 Å². The molecular formula is C21H21N3O3S. The molecule has 1 aliphatic carbocycles. The lowest BCUT2D eigenvalue weighted by molar-refractivity contribution is -0.121. The molecule has 6 nitrogen and oxygen atoms in total. The smallest absolute Gasteiger partial charge is 0.276 e. The SMILES string of the molecule is Cc1ccc(S(=O)(=O)NN=C2C=C[C@]3(CC2)C(=O)N(C)c2ccccc23)cc1. The Morgan fingerprint density at radius 3 is 2.50 bits per heavy atom. The Morgan fingerprint density at radius 1 is 1.11 bits per heavy atom. The van der Waals surface area contributed by atoms with Crippen molar-refractivity contribution in [1.29, 1.82) is 0 Å². The van der Waals surface area contributed by atoms with E-state index in [4.69, 9.17) is 0 Å². The number of carbonyl (C=O) groups is 1. The zero-order chi connectivity index (χ0) is 19.9. The van der Waals surface area contributed by atoms with Crippen molar-refractivity contribution in [1.82, 2.24) is 4.83 Å². The van der Waals surface area contributed by atoms with Crippen LogP contribution in [0.2, 0.25) is 0 Å². The molecule has 1 amide bonds. The highest BCUT2D eigenvalue weighted by atomic mass is 32.2. The minimum atomic E-state index is -3.72. The van der Waals surface area contributed by atoms with Gasteiger partial charge in [0.25, 0.3) is 10.0 Å². The highest BCUT2D eigenvalue weighted by molar-refractivity contribution is 7.89. The minimum absolute atomic E-state index is 0.0317. The van der Waals surface area contributed by atoms with E-state index in [1.807, 2.05) is 37.3 Å². The van der Waals surface area contributed by atoms with Crippen LogP contribution in [0.4, 0.5) is 5.69 Å². The fourth-order valence-corrected chi connectivity index (χ4v) is 4.62. The maximum Gasteiger partial charge on any atom is 0.276 e. The third-order valence-corrected chi connectivity index (χ3v) is 6.63. The second-order valence-electron chi connectivity index (χ2n) is 7.20. The zero-order valence-corrected chi connectivity index (χ0v) is 16.5. The molecule has 0 saturated carbocycles. The Bertz CT molecular complexity index is 1100. The Kier molecular flexibility index (Phi) is 4.34. The van der Waals surface area contributed by atoms with Gasteiger partial charge in [0.1, 0.15) is 0 Å². The van der Waals surface area contributed by atoms with Crippen LogP contribution in [0.1, 0.15) is 24.0 Å². The second-order valence-corrected chi connectivity index (χ2v) is 8.86. The number of hydrazone groups is 1. The monoisotopic (exact) mass is 395 g/mol. The van der Waals surface area contributed by atoms with Crippen LogP contribution < -0.4 is 9.73 Å². The van der Waals surface area contributed by atoms with E-state index >= 15 is 0 Å². The number of allylic oxidation sites excluding steroid dienone is 1. The summed E-state index contributed by atoms with van der Waals surface area (Å²) in [5.74, 6) is 0.0317. The largest absolute Gasteiger partial charge is 0.314 e. The van der Waals surface area contributed by atoms with Crippen molar-refractivity contribution in [2.75, 3.05) is 11.9 Å². The van der Waals surface area contributed by atoms with E-state index in [-0.39, 0.29) is 10.8 Å². The molecule has 1 N–H and O–H groups in total. The van der Waals surface area contributed by atoms with Crippen LogP contribution in [0.5, 0.6) is 0 Å². The number of carbonyl (C=O) groups excluding carboxylic acids is 1. The summed E-state index contributed by atoms with van der Waals surface area (Å²) in [7, 11) is -1.94. The molecule has 144 valence electrons. The molecule has 0 fully saturated rings. The molecule has 0 saturated heterocycles. The average Bonchev–Trinajstić information content (AvgIpc) is 2.91. The summed E-state index contributed by atoms with van der Waals surface area (Å²) in [6, 6.07) is 14.3. The van der Waals surface area contributed by atoms with Gasteiger partial charge in [-0.15, -0.1) is 0 Å². The van der Waals surface area contributed by atoms with Gasteiger partial charge in [-0.05, 0) is 49.6 Å². The van der Waals surface area contributed by atoms with Crippen molar-refractivity contribution in [3.05, 3.63) is 71.8 Å². The summed E-state index contributed by atoms with van der Waals surface area (Å²) in [6.07, 6.45) is 4.64. The molecule has 1 spiro atoms. The predicted molar refractivity (Wildman–Crippen MR) is 109 cm³/mol. The summed E-state index contributed by atoms with van der Waals surface area (Å²) in [6.45, 7) is 1.90. The number of nitrogens with one attached hydrogen (secondary N) is 1. The highest BCUT2D eigenvalue weighted by Gasteiger charge is 2.48. The highest BCUT2D eigenvalue weighted by Crippen LogP contribution is 2.46. The normalized spacial score (nSPS) is 22.7. The third-order valence-electron chi connectivity index (χ3n) is 5.41. The number of likely N-dealkylation sites (N-methyl/N-ethyl adjacent to an activating group) is 1. The van der Waals surface area contributed by atoms with E-state index in [0.29, 0.717) is 18.6 Å². The molecule has 0 aromatic heterocycles. The quantitative estimate of drug-likeness (QED) is 0.812. The molecule has 4 rings (SSSR count). The van der Waals surface area contributed by atoms with E-state index in [0.717, 1.165) is 16.8 Å². The van der Waals surface area contributed by atoms with Gasteiger partial charge in [0, 0.05) is 12.7 Å². The molecule has 2 aromatic carbocycles. The number of rotatable bonds is 3. The van der Waals surface area contributed by atoms with Crippen LogP contribution in [0.3, 0.4) is 0 Å². The van der Waals surface area contributed by atoms with Gasteiger partial charge in [-0.2, -0.15) is 18.4 Å². The third kappa shape index (κ3) is 2.92. The van der Waals surface area contributed by atoms with Crippen molar-refractivity contribution in [3.8, 4) is 0 Å². The summed E-state index contributed by atoms with van der Waals surface area (Å²) in [5.41, 5.74) is 2.79. The summed E-state index contributed by atoms with van der Waals surface area (Å²) < 4.78 is 24.8. The number of amides is 1. The van der Waals surface area contributed by atoms with Gasteiger partial charge in [0.2, 0.25) is 5.91 Å². The lowest BCUT2D eigenvalue weighted by atomic mass is 9.74. The number of hydrogen-bond acceptors (Lipinski definition) is 4. The van der Waals surface area contributed by atoms with Crippen molar-refractivity contribution >= 4 is 27.3 Å². The molecular weight excluding hydrogens is 374 g/mol. The number of hydrogen-bond donors (Lipinski definition) is 1. The fraction of sp³-hybridized carbons (Fsp3) is 0.238. The number of anilines is 1. The molecule has 0 unspecified atom stereocenters. The van der Waals surface area contributed by atoms with Crippen LogP contribution >= 0.6 is 0 Å². The first-order valence-corrected chi connectivity index (χ1v) is 10.5. The molecule has 0 bridgehead atoms. The van der Waals surface area contributed by atoms with E-state index in [1.165, 1.54) is 0 Å². The van der Waals surface area contributed by atoms with Crippen molar-refractivity contribution in [2.24, 2.45) is 5.10 Å². The first kappa shape index (κ1) is 18.4. The molecule has 7 heteroatoms. The van der Waals surface area contributed by atoms with Crippen molar-refractivity contribution in [3.63, 3.8) is 0 Å². The van der Waals surface area contributed by atoms with Gasteiger partial charge in [-0.1, -0.05) is 42.0 Å². The maximum absolute atomic E-state index is 12.9. The second kappa shape index (κ2) is 6.60. The van der Waals surface area contributed by atoms with Crippen LogP contribution in [0.25, 0.3) is 0 Å². The Labute approximate surface area is 164 Å². The van der Waals surface area contributed by atoms with E-state index in [9.17, 15) is 13.2 Å². The molecule has 0 radical (unpaired) electrons. The van der Waals surface area contributed by atoms with Crippen LogP contribution in [0.15, 0.2) is 70.7 Å². The number of aryl methyl sites for hydroxylation is 1. The number of para-hydroxylation sites is 1. The van der Waals surface area contributed by atoms with E-state index in [2.05, 4.69) is 9.93 Å². The standard InChI is InChI=1S/C21H21N3O3S/c1-15-7-9-17(10-8-15)28(26,27)23-22-16-11-13-21(14-12-16)18-5-3-4-6-19(18)24(2)20(21)25/h3-11,13,23H,12,14H2,1-2H3/t21-/m1/s1. The molecule has 28 heavy (non-hydrogen) atoms. The molecule has 1 aliphatic heterocycles. The summed E-state index contributed by atoms with van der Waals surface area (Å²) >= 11 is 0. The van der Waals surface area contributed by atoms with Crippen molar-refractivity contribution in [2.45, 2.75) is 30.1 Å². The number of benzene rings is 2. The predicted octanol–water partition coefficient (Wildman–Crippen LogP) is 2.89. The van der Waals surface area contributed by atoms with Gasteiger partial charge in [0.05, 0.1) is 16.0 Å². The summed E-state index contributed by atoms with van der Waals surface area (Å²) in [4.78, 5) is 17.0. The van der Waals surface area contributed by atoms with Crippen molar-refractivity contribution < 1.29 is 13.2 Å². The summed E-state index contributed by atoms with van der Waals surface area (Å²) in [5, 5.41) is 4.08. The Hall–Kier alpha value is -2.93. The maximum atomic E-state index is 12.9. The topological polar surface area (TPSA) is 78.8 Å². The first-order valence-electron chi connectivity index (χ1n) is 9.05. The number of nitrogens with zero attached hydrogens (tertiary/aromatic N) is 2. The van der Waals surface area contributed by atoms with Gasteiger partial charge in [-0.25, -0.2) is 0 Å². The van der Waals surface area contributed by atoms with Crippen LogP contribution in [0, 0.1) is 6.92 Å². The molecule has 1 heterocycles. The number of fused-ring (bicyclic) bond motifs is 2. The lowest BCUT2D eigenvalue weighted by Crippen LogP contribution is -2.39. The van der Waals surface area contributed by atoms with E-state index in [1.54, 1.807) is 42.3 Å². The van der Waals surface area contributed by atoms with Gasteiger partial charge < -0.3 is 4.90 Å². The van der Waals surface area contributed by atoms with E-state index < -0.39 is 15.4 Å². The molecule has 1 atom stereocenters. The molecule has 2 aromatic rings.